The van der Waals surface area contributed by atoms with Crippen molar-refractivity contribution < 1.29 is 4.79 Å². The summed E-state index contributed by atoms with van der Waals surface area (Å²) in [7, 11) is 0. The largest absolute Gasteiger partial charge is 0.338 e. The zero-order chi connectivity index (χ0) is 19.4. The Morgan fingerprint density at radius 2 is 1.92 bits per heavy atom. The minimum atomic E-state index is -0.385. The number of aromatic amines is 1. The van der Waals surface area contributed by atoms with Crippen LogP contribution in [0.3, 0.4) is 0 Å². The van der Waals surface area contributed by atoms with Gasteiger partial charge in [-0.2, -0.15) is 0 Å². The molecule has 138 valence electrons. The Balaban J connectivity index is 3.05. The molecular weight excluding hydrogens is 359 g/mol. The van der Waals surface area contributed by atoms with Crippen molar-refractivity contribution in [1.29, 1.82) is 0 Å². The van der Waals surface area contributed by atoms with Gasteiger partial charge in [0.25, 0.3) is 11.5 Å². The number of aromatic nitrogens is 1. The van der Waals surface area contributed by atoms with Gasteiger partial charge in [0.2, 0.25) is 0 Å². The van der Waals surface area contributed by atoms with E-state index < -0.39 is 0 Å². The van der Waals surface area contributed by atoms with Crippen LogP contribution in [0.25, 0.3) is 0 Å². The summed E-state index contributed by atoms with van der Waals surface area (Å²) in [6.07, 6.45) is 3.58. The van der Waals surface area contributed by atoms with Gasteiger partial charge in [-0.05, 0) is 31.2 Å². The molecule has 1 amide bonds. The number of hydrogen-bond acceptors (Lipinski definition) is 2. The Labute approximate surface area is 159 Å². The van der Waals surface area contributed by atoms with Crippen LogP contribution in [0.15, 0.2) is 34.8 Å². The summed E-state index contributed by atoms with van der Waals surface area (Å²) in [6, 6.07) is 0. The summed E-state index contributed by atoms with van der Waals surface area (Å²) in [4.78, 5) is 28.6. The van der Waals surface area contributed by atoms with E-state index in [0.29, 0.717) is 35.7 Å². The monoisotopic (exact) mass is 384 g/mol. The highest BCUT2D eigenvalue weighted by molar-refractivity contribution is 6.35. The van der Waals surface area contributed by atoms with E-state index in [1.807, 2.05) is 13.8 Å². The van der Waals surface area contributed by atoms with Crippen molar-refractivity contribution >= 4 is 29.1 Å². The molecule has 0 aliphatic rings. The van der Waals surface area contributed by atoms with E-state index in [4.69, 9.17) is 23.2 Å². The first-order chi connectivity index (χ1) is 11.4. The van der Waals surface area contributed by atoms with Crippen LogP contribution < -0.4 is 5.56 Å². The predicted octanol–water partition coefficient (Wildman–Crippen LogP) is 4.62. The van der Waals surface area contributed by atoms with Crippen LogP contribution in [-0.2, 0) is 11.2 Å². The summed E-state index contributed by atoms with van der Waals surface area (Å²) in [5.74, 6) is -0.131. The summed E-state index contributed by atoms with van der Waals surface area (Å²) < 4.78 is 0. The van der Waals surface area contributed by atoms with E-state index >= 15 is 0 Å². The summed E-state index contributed by atoms with van der Waals surface area (Å²) in [5, 5.41) is 0.453. The van der Waals surface area contributed by atoms with Crippen LogP contribution in [0, 0.1) is 5.41 Å². The van der Waals surface area contributed by atoms with Gasteiger partial charge in [-0.15, -0.1) is 0 Å². The van der Waals surface area contributed by atoms with Gasteiger partial charge in [0.1, 0.15) is 5.02 Å². The minimum absolute atomic E-state index is 0.0683. The van der Waals surface area contributed by atoms with E-state index in [2.05, 4.69) is 32.3 Å². The molecule has 0 aromatic carbocycles. The maximum Gasteiger partial charge on any atom is 0.267 e. The number of carbonyl (C=O) groups is 1. The van der Waals surface area contributed by atoms with Gasteiger partial charge in [0.05, 0.1) is 5.02 Å². The van der Waals surface area contributed by atoms with Gasteiger partial charge in [-0.1, -0.05) is 62.2 Å². The predicted molar refractivity (Wildman–Crippen MR) is 105 cm³/mol. The Hall–Kier alpha value is -1.52. The molecule has 1 N–H and O–H groups in total. The van der Waals surface area contributed by atoms with Crippen LogP contribution in [0.5, 0.6) is 0 Å². The number of rotatable bonds is 6. The third-order valence-corrected chi connectivity index (χ3v) is 4.14. The molecule has 0 saturated heterocycles. The molecule has 4 nitrogen and oxygen atoms in total. The lowest BCUT2D eigenvalue weighted by Crippen LogP contribution is -2.39. The highest BCUT2D eigenvalue weighted by atomic mass is 35.5. The Kier molecular flexibility index (Phi) is 7.51. The standard InChI is InChI=1S/C19H26Cl2N2O2/c1-12(2)9-13(3)18(25)23(11-19(4,5)6)8-7-14-15(20)10-22-17(24)16(14)21/h9-10H,3,7-8,11H2,1-2,4-6H3,(H,22,24). The maximum absolute atomic E-state index is 12.8. The smallest absolute Gasteiger partial charge is 0.267 e. The SMILES string of the molecule is C=C(C=C(C)C)C(=O)N(CCc1c(Cl)c[nH]c(=O)c1Cl)CC(C)(C)C. The van der Waals surface area contributed by atoms with Crippen LogP contribution in [-0.4, -0.2) is 28.9 Å². The average molecular weight is 385 g/mol. The van der Waals surface area contributed by atoms with Crippen molar-refractivity contribution in [3.63, 3.8) is 0 Å². The fraction of sp³-hybridized carbons (Fsp3) is 0.474. The number of halogens is 2. The number of allylic oxidation sites excluding steroid dienone is 1. The first-order valence-electron chi connectivity index (χ1n) is 8.11. The molecule has 0 spiro atoms. The van der Waals surface area contributed by atoms with Crippen molar-refractivity contribution in [3.05, 3.63) is 56.0 Å². The fourth-order valence-electron chi connectivity index (χ4n) is 2.44. The third-order valence-electron chi connectivity index (χ3n) is 3.40. The molecule has 0 radical (unpaired) electrons. The number of H-pyrrole nitrogens is 1. The molecule has 1 aromatic heterocycles. The normalized spacial score (nSPS) is 11.2. The minimum Gasteiger partial charge on any atom is -0.338 e. The summed E-state index contributed by atoms with van der Waals surface area (Å²) in [6.45, 7) is 14.8. The zero-order valence-electron chi connectivity index (χ0n) is 15.5. The molecule has 1 rings (SSSR count). The van der Waals surface area contributed by atoms with E-state index in [1.165, 1.54) is 6.20 Å². The molecular formula is C19H26Cl2N2O2. The number of pyridine rings is 1. The van der Waals surface area contributed by atoms with Gasteiger partial charge in [-0.25, -0.2) is 0 Å². The molecule has 1 aromatic rings. The quantitative estimate of drug-likeness (QED) is 0.574. The second-order valence-corrected chi connectivity index (χ2v) is 8.33. The molecule has 1 heterocycles. The molecule has 6 heteroatoms. The molecule has 0 saturated carbocycles. The number of hydrogen-bond donors (Lipinski definition) is 1. The van der Waals surface area contributed by atoms with Gasteiger partial charge >= 0.3 is 0 Å². The van der Waals surface area contributed by atoms with Gasteiger partial charge in [0.15, 0.2) is 0 Å². The number of amides is 1. The summed E-state index contributed by atoms with van der Waals surface area (Å²) in [5.41, 5.74) is 1.53. The molecule has 0 bridgehead atoms. The fourth-order valence-corrected chi connectivity index (χ4v) is 2.98. The lowest BCUT2D eigenvalue weighted by Gasteiger charge is -2.30. The van der Waals surface area contributed by atoms with Gasteiger partial charge in [0, 0.05) is 24.9 Å². The first kappa shape index (κ1) is 21.5. The van der Waals surface area contributed by atoms with E-state index in [1.54, 1.807) is 11.0 Å². The van der Waals surface area contributed by atoms with E-state index in [9.17, 15) is 9.59 Å². The lowest BCUT2D eigenvalue weighted by molar-refractivity contribution is -0.128. The van der Waals surface area contributed by atoms with Crippen LogP contribution in [0.2, 0.25) is 10.0 Å². The van der Waals surface area contributed by atoms with Crippen molar-refractivity contribution in [2.45, 2.75) is 41.0 Å². The Morgan fingerprint density at radius 3 is 2.44 bits per heavy atom. The van der Waals surface area contributed by atoms with Crippen molar-refractivity contribution in [3.8, 4) is 0 Å². The first-order valence-corrected chi connectivity index (χ1v) is 8.86. The Bertz CT molecular complexity index is 739. The highest BCUT2D eigenvalue weighted by Crippen LogP contribution is 2.23. The van der Waals surface area contributed by atoms with Gasteiger partial charge < -0.3 is 9.88 Å². The van der Waals surface area contributed by atoms with Crippen molar-refractivity contribution in [2.75, 3.05) is 13.1 Å². The van der Waals surface area contributed by atoms with Crippen LogP contribution in [0.1, 0.15) is 40.2 Å². The molecule has 0 aliphatic carbocycles. The second kappa shape index (κ2) is 8.72. The van der Waals surface area contributed by atoms with Crippen molar-refractivity contribution in [2.24, 2.45) is 5.41 Å². The van der Waals surface area contributed by atoms with Gasteiger partial charge in [-0.3, -0.25) is 9.59 Å². The molecule has 0 atom stereocenters. The maximum atomic E-state index is 12.8. The molecule has 0 fully saturated rings. The number of nitrogens with one attached hydrogen (secondary N) is 1. The molecule has 0 unspecified atom stereocenters. The number of nitrogens with zero attached hydrogens (tertiary/aromatic N) is 1. The third kappa shape index (κ3) is 6.71. The second-order valence-electron chi connectivity index (χ2n) is 7.54. The lowest BCUT2D eigenvalue weighted by atomic mass is 9.95. The average Bonchev–Trinajstić information content (AvgIpc) is 2.47. The molecule has 25 heavy (non-hydrogen) atoms. The highest BCUT2D eigenvalue weighted by Gasteiger charge is 2.23. The van der Waals surface area contributed by atoms with Crippen LogP contribution in [0.4, 0.5) is 0 Å². The Morgan fingerprint density at radius 1 is 1.32 bits per heavy atom. The van der Waals surface area contributed by atoms with E-state index in [0.717, 1.165) is 5.57 Å². The van der Waals surface area contributed by atoms with Crippen LogP contribution >= 0.6 is 23.2 Å². The number of carbonyl (C=O) groups excluding carboxylic acids is 1. The topological polar surface area (TPSA) is 53.2 Å². The zero-order valence-corrected chi connectivity index (χ0v) is 17.0. The summed E-state index contributed by atoms with van der Waals surface area (Å²) >= 11 is 12.2. The van der Waals surface area contributed by atoms with E-state index in [-0.39, 0.29) is 21.9 Å². The van der Waals surface area contributed by atoms with Crippen molar-refractivity contribution in [1.82, 2.24) is 9.88 Å². The molecule has 0 aliphatic heterocycles.